The summed E-state index contributed by atoms with van der Waals surface area (Å²) < 4.78 is 18.7. The average molecular weight is 387 g/mol. The second-order valence-corrected chi connectivity index (χ2v) is 7.82. The Hall–Kier alpha value is -2.72. The second kappa shape index (κ2) is 6.46. The van der Waals surface area contributed by atoms with Crippen molar-refractivity contribution >= 4 is 23.2 Å². The number of nitrogens with zero attached hydrogens (tertiary/aromatic N) is 3. The molecule has 2 bridgehead atoms. The number of carbonyl (C=O) groups is 1. The van der Waals surface area contributed by atoms with Crippen LogP contribution < -0.4 is 10.1 Å². The summed E-state index contributed by atoms with van der Waals surface area (Å²) in [6.45, 7) is -0.0790. The summed E-state index contributed by atoms with van der Waals surface area (Å²) in [4.78, 5) is 20.4. The van der Waals surface area contributed by atoms with Gasteiger partial charge in [-0.1, -0.05) is 11.6 Å². The molecule has 27 heavy (non-hydrogen) atoms. The van der Waals surface area contributed by atoms with Crippen molar-refractivity contribution in [2.45, 2.75) is 31.2 Å². The Kier molecular flexibility index (Phi) is 4.23. The van der Waals surface area contributed by atoms with E-state index >= 15 is 0 Å². The molecule has 8 heteroatoms. The third-order valence-corrected chi connectivity index (χ3v) is 5.47. The largest absolute Gasteiger partial charge is 0.486 e. The number of Topliss-reactive ketones (excluding diaryl/α,β-unsaturated/α-hetero) is 1. The van der Waals surface area contributed by atoms with E-state index in [-0.39, 0.29) is 34.1 Å². The monoisotopic (exact) mass is 386 g/mol. The van der Waals surface area contributed by atoms with E-state index in [1.54, 1.807) is 6.20 Å². The fourth-order valence-electron chi connectivity index (χ4n) is 4.24. The average Bonchev–Trinajstić information content (AvgIpc) is 2.60. The van der Waals surface area contributed by atoms with Crippen LogP contribution in [-0.4, -0.2) is 27.9 Å². The summed E-state index contributed by atoms with van der Waals surface area (Å²) in [5.74, 6) is 0.360. The molecule has 1 aromatic carbocycles. The van der Waals surface area contributed by atoms with E-state index in [4.69, 9.17) is 21.6 Å². The molecule has 3 aliphatic carbocycles. The maximum absolute atomic E-state index is 13.4. The van der Waals surface area contributed by atoms with Gasteiger partial charge < -0.3 is 10.1 Å². The number of hydrogen-bond acceptors (Lipinski definition) is 6. The summed E-state index contributed by atoms with van der Waals surface area (Å²) in [7, 11) is 0. The standard InChI is InChI=1S/C19H16ClFN4O2/c20-15-2-1-14(3-16(15)21)27-8-13(26)4-18-9-19(10-18,11-18)25-17-7-23-12(5-22)6-24-17/h1-3,6-7H,4,8-11H2,(H,24,25). The molecular weight excluding hydrogens is 371 g/mol. The highest BCUT2D eigenvalue weighted by Gasteiger charge is 2.68. The van der Waals surface area contributed by atoms with Crippen molar-refractivity contribution in [2.75, 3.05) is 11.9 Å². The quantitative estimate of drug-likeness (QED) is 0.783. The molecule has 3 fully saturated rings. The molecule has 0 saturated heterocycles. The topological polar surface area (TPSA) is 87.9 Å². The number of nitriles is 1. The van der Waals surface area contributed by atoms with E-state index in [0.29, 0.717) is 18.0 Å². The molecule has 0 atom stereocenters. The van der Waals surface area contributed by atoms with E-state index in [2.05, 4.69) is 15.3 Å². The molecule has 1 heterocycles. The fraction of sp³-hybridized carbons (Fsp3) is 0.368. The van der Waals surface area contributed by atoms with E-state index in [9.17, 15) is 9.18 Å². The van der Waals surface area contributed by atoms with E-state index in [1.807, 2.05) is 6.07 Å². The Morgan fingerprint density at radius 1 is 1.33 bits per heavy atom. The predicted octanol–water partition coefficient (Wildman–Crippen LogP) is 3.51. The molecule has 2 aromatic rings. The Bertz CT molecular complexity index is 922. The van der Waals surface area contributed by atoms with Crippen molar-refractivity contribution < 1.29 is 13.9 Å². The zero-order valence-electron chi connectivity index (χ0n) is 14.3. The lowest BCUT2D eigenvalue weighted by Crippen LogP contribution is -2.71. The van der Waals surface area contributed by atoms with Crippen LogP contribution >= 0.6 is 11.6 Å². The summed E-state index contributed by atoms with van der Waals surface area (Å²) in [6.07, 6.45) is 6.11. The van der Waals surface area contributed by atoms with Crippen molar-refractivity contribution in [1.82, 2.24) is 9.97 Å². The number of carbonyl (C=O) groups excluding carboxylic acids is 1. The van der Waals surface area contributed by atoms with E-state index in [0.717, 1.165) is 19.3 Å². The first-order valence-electron chi connectivity index (χ1n) is 8.51. The zero-order valence-corrected chi connectivity index (χ0v) is 15.1. The van der Waals surface area contributed by atoms with Gasteiger partial charge in [-0.15, -0.1) is 0 Å². The van der Waals surface area contributed by atoms with Crippen molar-refractivity contribution in [3.63, 3.8) is 0 Å². The van der Waals surface area contributed by atoms with Gasteiger partial charge >= 0.3 is 0 Å². The minimum absolute atomic E-state index is 0.00294. The lowest BCUT2D eigenvalue weighted by Gasteiger charge is -2.70. The van der Waals surface area contributed by atoms with Gasteiger partial charge in [0.2, 0.25) is 0 Å². The molecule has 6 nitrogen and oxygen atoms in total. The molecule has 0 amide bonds. The number of nitrogens with one attached hydrogen (secondary N) is 1. The predicted molar refractivity (Wildman–Crippen MR) is 95.9 cm³/mol. The normalized spacial score (nSPS) is 24.9. The van der Waals surface area contributed by atoms with Gasteiger partial charge in [0.05, 0.1) is 17.4 Å². The van der Waals surface area contributed by atoms with Crippen molar-refractivity contribution in [2.24, 2.45) is 5.41 Å². The molecule has 1 aromatic heterocycles. The fourth-order valence-corrected chi connectivity index (χ4v) is 4.36. The first kappa shape index (κ1) is 17.7. The van der Waals surface area contributed by atoms with Gasteiger partial charge in [-0.3, -0.25) is 4.79 Å². The summed E-state index contributed by atoms with van der Waals surface area (Å²) in [5.41, 5.74) is 0.280. The third kappa shape index (κ3) is 3.45. The van der Waals surface area contributed by atoms with Gasteiger partial charge in [-0.05, 0) is 36.8 Å². The number of anilines is 1. The number of hydrogen-bond donors (Lipinski definition) is 1. The van der Waals surface area contributed by atoms with Crippen LogP contribution in [0.3, 0.4) is 0 Å². The highest BCUT2D eigenvalue weighted by atomic mass is 35.5. The van der Waals surface area contributed by atoms with E-state index < -0.39 is 5.82 Å². The van der Waals surface area contributed by atoms with Crippen LogP contribution in [0.1, 0.15) is 31.4 Å². The minimum atomic E-state index is -0.569. The number of halogens is 2. The molecule has 1 N–H and O–H groups in total. The van der Waals surface area contributed by atoms with Crippen molar-refractivity contribution in [3.8, 4) is 11.8 Å². The van der Waals surface area contributed by atoms with Crippen molar-refractivity contribution in [3.05, 3.63) is 47.1 Å². The molecule has 3 saturated carbocycles. The number of ether oxygens (including phenoxy) is 1. The first-order chi connectivity index (χ1) is 12.9. The van der Waals surface area contributed by atoms with Crippen LogP contribution in [0.5, 0.6) is 5.75 Å². The highest BCUT2D eigenvalue weighted by Crippen LogP contribution is 2.69. The zero-order chi connectivity index (χ0) is 19.1. The molecule has 5 rings (SSSR count). The summed E-state index contributed by atoms with van der Waals surface area (Å²) in [6, 6.07) is 6.05. The Labute approximate surface area is 160 Å². The molecule has 0 spiro atoms. The molecule has 0 unspecified atom stereocenters. The number of ketones is 1. The van der Waals surface area contributed by atoms with Gasteiger partial charge in [-0.25, -0.2) is 14.4 Å². The molecular formula is C19H16ClFN4O2. The summed E-state index contributed by atoms with van der Waals surface area (Å²) >= 11 is 5.62. The van der Waals surface area contributed by atoms with Gasteiger partial charge in [0.1, 0.15) is 30.1 Å². The van der Waals surface area contributed by atoms with Gasteiger partial charge in [0, 0.05) is 18.0 Å². The van der Waals surface area contributed by atoms with Gasteiger partial charge in [-0.2, -0.15) is 5.26 Å². The third-order valence-electron chi connectivity index (χ3n) is 5.16. The van der Waals surface area contributed by atoms with Crippen LogP contribution in [0, 0.1) is 22.6 Å². The van der Waals surface area contributed by atoms with Crippen LogP contribution in [0.15, 0.2) is 30.6 Å². The maximum atomic E-state index is 13.4. The Morgan fingerprint density at radius 3 is 2.74 bits per heavy atom. The number of benzene rings is 1. The molecule has 0 radical (unpaired) electrons. The second-order valence-electron chi connectivity index (χ2n) is 7.41. The number of rotatable bonds is 7. The minimum Gasteiger partial charge on any atom is -0.486 e. The maximum Gasteiger partial charge on any atom is 0.170 e. The Morgan fingerprint density at radius 2 is 2.11 bits per heavy atom. The molecule has 138 valence electrons. The SMILES string of the molecule is N#Cc1cnc(NC23CC(CC(=O)COc4ccc(Cl)c(F)c4)(C2)C3)cn1. The Balaban J connectivity index is 1.24. The van der Waals surface area contributed by atoms with Gasteiger partial charge in [0.15, 0.2) is 11.5 Å². The number of aromatic nitrogens is 2. The first-order valence-corrected chi connectivity index (χ1v) is 8.89. The smallest absolute Gasteiger partial charge is 0.170 e. The van der Waals surface area contributed by atoms with Crippen molar-refractivity contribution in [1.29, 1.82) is 5.26 Å². The van der Waals surface area contributed by atoms with Crippen LogP contribution in [0.2, 0.25) is 5.02 Å². The lowest BCUT2D eigenvalue weighted by molar-refractivity contribution is -0.147. The van der Waals surface area contributed by atoms with E-state index in [1.165, 1.54) is 24.4 Å². The van der Waals surface area contributed by atoms with Crippen LogP contribution in [0.25, 0.3) is 0 Å². The molecule has 3 aliphatic rings. The highest BCUT2D eigenvalue weighted by molar-refractivity contribution is 6.30. The lowest BCUT2D eigenvalue weighted by atomic mass is 9.38. The molecule has 0 aliphatic heterocycles. The van der Waals surface area contributed by atoms with Crippen LogP contribution in [0.4, 0.5) is 10.2 Å². The van der Waals surface area contributed by atoms with Gasteiger partial charge in [0.25, 0.3) is 0 Å². The van der Waals surface area contributed by atoms with Crippen LogP contribution in [-0.2, 0) is 4.79 Å². The summed E-state index contributed by atoms with van der Waals surface area (Å²) in [5, 5.41) is 12.1.